The Morgan fingerprint density at radius 3 is 1.32 bits per heavy atom. The Kier molecular flexibility index (Phi) is 10.8. The molecule has 0 N–H and O–H groups in total. The summed E-state index contributed by atoms with van der Waals surface area (Å²) < 4.78 is 9.68. The van der Waals surface area contributed by atoms with E-state index in [-0.39, 0.29) is 24.8 Å². The largest absolute Gasteiger partial charge is 1.00 e. The van der Waals surface area contributed by atoms with Crippen molar-refractivity contribution in [2.45, 2.75) is 77.6 Å². The fraction of sp³-hybridized carbons (Fsp3) is 0.667. The monoisotopic (exact) mass is 572 g/mol. The van der Waals surface area contributed by atoms with Gasteiger partial charge in [-0.2, -0.15) is 0 Å². The van der Waals surface area contributed by atoms with Gasteiger partial charge in [-0.15, -0.1) is 0 Å². The van der Waals surface area contributed by atoms with Crippen molar-refractivity contribution < 1.29 is 48.0 Å². The summed E-state index contributed by atoms with van der Waals surface area (Å²) in [5, 5.41) is 3.67. The van der Waals surface area contributed by atoms with Gasteiger partial charge < -0.3 is 24.8 Å². The minimum atomic E-state index is -1.48. The van der Waals surface area contributed by atoms with Crippen LogP contribution < -0.4 is 24.8 Å². The molecule has 31 heavy (non-hydrogen) atoms. The SMILES string of the molecule is C[Si](C)(C1=[C]([Zr+2][C]2=C([Si](C)(C)N3CCCCC3)C=CC2)CC=C1)N1CCCCC1.[Cl-].[Cl-]. The van der Waals surface area contributed by atoms with Gasteiger partial charge in [-0.25, -0.2) is 0 Å². The van der Waals surface area contributed by atoms with Gasteiger partial charge in [-0.05, 0) is 0 Å². The van der Waals surface area contributed by atoms with Crippen LogP contribution in [0.15, 0.2) is 41.3 Å². The molecule has 2 aliphatic heterocycles. The number of hydrogen-bond donors (Lipinski definition) is 0. The zero-order valence-electron chi connectivity index (χ0n) is 19.9. The average Bonchev–Trinajstić information content (AvgIpc) is 3.40. The van der Waals surface area contributed by atoms with E-state index in [4.69, 9.17) is 0 Å². The zero-order chi connectivity index (χ0) is 20.5. The predicted molar refractivity (Wildman–Crippen MR) is 127 cm³/mol. The van der Waals surface area contributed by atoms with E-state index in [1.165, 1.54) is 77.5 Å². The molecule has 0 saturated carbocycles. The number of hydrogen-bond acceptors (Lipinski definition) is 2. The van der Waals surface area contributed by atoms with Crippen LogP contribution in [-0.4, -0.2) is 51.8 Å². The normalized spacial score (nSPS) is 23.1. The summed E-state index contributed by atoms with van der Waals surface area (Å²) in [5.74, 6) is 0. The molecule has 0 unspecified atom stereocenters. The first-order valence-corrected chi connectivity index (χ1v) is 20.3. The van der Waals surface area contributed by atoms with Crippen LogP contribution in [0.3, 0.4) is 0 Å². The summed E-state index contributed by atoms with van der Waals surface area (Å²) >= 11 is -0.657. The fourth-order valence-corrected chi connectivity index (χ4v) is 20.4. The van der Waals surface area contributed by atoms with Gasteiger partial charge in [0.25, 0.3) is 0 Å². The van der Waals surface area contributed by atoms with E-state index in [0.717, 1.165) is 0 Å². The fourth-order valence-electron chi connectivity index (χ4n) is 5.82. The molecule has 2 fully saturated rings. The van der Waals surface area contributed by atoms with E-state index in [2.05, 4.69) is 59.6 Å². The van der Waals surface area contributed by atoms with Gasteiger partial charge in [0.15, 0.2) is 0 Å². The van der Waals surface area contributed by atoms with E-state index >= 15 is 0 Å². The van der Waals surface area contributed by atoms with Gasteiger partial charge in [0.05, 0.1) is 0 Å². The minimum absolute atomic E-state index is 0. The maximum Gasteiger partial charge on any atom is -1.00 e. The van der Waals surface area contributed by atoms with Crippen molar-refractivity contribution in [2.24, 2.45) is 0 Å². The molecule has 0 spiro atoms. The van der Waals surface area contributed by atoms with Crippen LogP contribution in [0.5, 0.6) is 0 Å². The van der Waals surface area contributed by atoms with E-state index < -0.39 is 39.7 Å². The van der Waals surface area contributed by atoms with Crippen molar-refractivity contribution >= 4 is 16.5 Å². The number of rotatable bonds is 6. The summed E-state index contributed by atoms with van der Waals surface area (Å²) in [5.41, 5.74) is 0. The summed E-state index contributed by atoms with van der Waals surface area (Å²) in [6.07, 6.45) is 21.2. The van der Waals surface area contributed by atoms with Gasteiger partial charge in [0.2, 0.25) is 0 Å². The molecule has 0 atom stereocenters. The summed E-state index contributed by atoms with van der Waals surface area (Å²) in [6, 6.07) is 0. The molecule has 0 aromatic carbocycles. The van der Waals surface area contributed by atoms with Crippen LogP contribution in [0.1, 0.15) is 51.4 Å². The molecule has 0 aromatic heterocycles. The van der Waals surface area contributed by atoms with Gasteiger partial charge in [-0.3, -0.25) is 0 Å². The Bertz CT molecular complexity index is 685. The number of allylic oxidation sites excluding steroid dienone is 8. The quantitative estimate of drug-likeness (QED) is 0.411. The van der Waals surface area contributed by atoms with Crippen LogP contribution >= 0.6 is 0 Å². The Hall–Kier alpha value is 0.777. The first kappa shape index (κ1) is 28.0. The summed E-state index contributed by atoms with van der Waals surface area (Å²) in [7, 11) is -2.96. The molecule has 0 amide bonds. The number of halogens is 2. The van der Waals surface area contributed by atoms with Crippen molar-refractivity contribution in [2.75, 3.05) is 26.2 Å². The summed E-state index contributed by atoms with van der Waals surface area (Å²) in [6.45, 7) is 15.9. The topological polar surface area (TPSA) is 6.48 Å². The first-order valence-electron chi connectivity index (χ1n) is 12.0. The maximum atomic E-state index is 2.91. The molecule has 0 bridgehead atoms. The Labute approximate surface area is 217 Å². The van der Waals surface area contributed by atoms with Crippen molar-refractivity contribution in [1.29, 1.82) is 0 Å². The predicted octanol–water partition coefficient (Wildman–Crippen LogP) is -0.0347. The molecule has 0 aromatic rings. The molecule has 2 nitrogen and oxygen atoms in total. The van der Waals surface area contributed by atoms with Crippen molar-refractivity contribution in [1.82, 2.24) is 9.13 Å². The van der Waals surface area contributed by atoms with E-state index in [1.807, 2.05) is 17.0 Å². The third kappa shape index (κ3) is 6.07. The standard InChI is InChI=1S/2C12H20NSi.2ClH.Zr/c2*1-14(2,12-8-4-5-9-12)13-10-6-3-7-11-13;;;/h2*4,8H,3,5-7,10-11H2,1-2H3;2*1H;/q;;;;+2/p-2. The Morgan fingerprint density at radius 1 is 0.613 bits per heavy atom. The van der Waals surface area contributed by atoms with Crippen molar-refractivity contribution in [3.8, 4) is 0 Å². The Balaban J connectivity index is 0.00000171. The van der Waals surface area contributed by atoms with Crippen LogP contribution in [0.2, 0.25) is 26.2 Å². The first-order chi connectivity index (χ1) is 13.9. The van der Waals surface area contributed by atoms with Gasteiger partial charge in [0.1, 0.15) is 0 Å². The third-order valence-corrected chi connectivity index (χ3v) is 20.4. The van der Waals surface area contributed by atoms with Gasteiger partial charge in [0, 0.05) is 0 Å². The second-order valence-corrected chi connectivity index (χ2v) is 22.5. The van der Waals surface area contributed by atoms with Crippen LogP contribution in [0, 0.1) is 0 Å². The molecule has 172 valence electrons. The second kappa shape index (κ2) is 12.0. The van der Waals surface area contributed by atoms with Crippen LogP contribution in [-0.2, 0) is 23.2 Å². The van der Waals surface area contributed by atoms with Gasteiger partial charge in [-0.1, -0.05) is 0 Å². The molecule has 0 radical (unpaired) electrons. The maximum absolute atomic E-state index is 2.91. The molecule has 2 saturated heterocycles. The molecule has 2 aliphatic carbocycles. The van der Waals surface area contributed by atoms with E-state index in [0.29, 0.717) is 0 Å². The Morgan fingerprint density at radius 2 is 0.968 bits per heavy atom. The molecule has 2 heterocycles. The van der Waals surface area contributed by atoms with Crippen molar-refractivity contribution in [3.05, 3.63) is 41.3 Å². The third-order valence-electron chi connectivity index (χ3n) is 7.78. The molecule has 4 aliphatic rings. The van der Waals surface area contributed by atoms with E-state index in [1.54, 1.807) is 0 Å². The van der Waals surface area contributed by atoms with Crippen LogP contribution in [0.25, 0.3) is 0 Å². The average molecular weight is 575 g/mol. The van der Waals surface area contributed by atoms with Crippen molar-refractivity contribution in [3.63, 3.8) is 0 Å². The molecular weight excluding hydrogens is 535 g/mol. The number of piperidine rings is 2. The molecular formula is C24H40Cl2N2Si2Zr. The molecule has 4 rings (SSSR count). The molecule has 7 heteroatoms. The number of nitrogens with zero attached hydrogens (tertiary/aromatic N) is 2. The second-order valence-electron chi connectivity index (χ2n) is 10.3. The smallest absolute Gasteiger partial charge is 1.00 e. The van der Waals surface area contributed by atoms with E-state index in [9.17, 15) is 0 Å². The minimum Gasteiger partial charge on any atom is -1.00 e. The summed E-state index contributed by atoms with van der Waals surface area (Å²) in [4.78, 5) is 0. The zero-order valence-corrected chi connectivity index (χ0v) is 25.9. The van der Waals surface area contributed by atoms with Gasteiger partial charge >= 0.3 is 194 Å². The van der Waals surface area contributed by atoms with Crippen LogP contribution in [0.4, 0.5) is 0 Å².